The van der Waals surface area contributed by atoms with Crippen LogP contribution < -0.4 is 10.6 Å². The molecule has 3 heterocycles. The fourth-order valence-corrected chi connectivity index (χ4v) is 5.74. The zero-order chi connectivity index (χ0) is 25.1. The molecule has 14 heteroatoms. The van der Waals surface area contributed by atoms with Gasteiger partial charge in [0.1, 0.15) is 35.2 Å². The molecule has 1 aromatic rings. The van der Waals surface area contributed by atoms with Crippen LogP contribution in [0.4, 0.5) is 5.13 Å². The quantitative estimate of drug-likeness (QED) is 0.158. The third kappa shape index (κ3) is 5.33. The first kappa shape index (κ1) is 25.9. The largest absolute Gasteiger partial charge is 0.459 e. The van der Waals surface area contributed by atoms with E-state index in [1.54, 1.807) is 25.7 Å². The van der Waals surface area contributed by atoms with Gasteiger partial charge in [-0.15, -0.1) is 23.1 Å². The van der Waals surface area contributed by atoms with Crippen LogP contribution in [-0.2, 0) is 33.5 Å². The molecule has 186 valence electrons. The number of fused-ring (bicyclic) bond motifs is 1. The summed E-state index contributed by atoms with van der Waals surface area (Å²) in [5, 5.41) is 10.3. The minimum absolute atomic E-state index is 0.105. The van der Waals surface area contributed by atoms with Crippen molar-refractivity contribution in [2.24, 2.45) is 10.6 Å². The molecule has 0 radical (unpaired) electrons. The Hall–Kier alpha value is -2.71. The average molecular weight is 514 g/mol. The van der Waals surface area contributed by atoms with E-state index in [1.165, 1.54) is 31.4 Å². The maximum Gasteiger partial charge on any atom is 0.317 e. The summed E-state index contributed by atoms with van der Waals surface area (Å²) in [6, 6.07) is -0.801. The van der Waals surface area contributed by atoms with Crippen molar-refractivity contribution in [2.45, 2.75) is 37.8 Å². The molecule has 2 N–H and O–H groups in total. The number of nitrogens with zero attached hydrogens (tertiary/aromatic N) is 3. The minimum atomic E-state index is -1.00. The summed E-state index contributed by atoms with van der Waals surface area (Å²) in [5.74, 6) is -1.04. The number of thioether (sulfide) groups is 1. The Morgan fingerprint density at radius 1 is 1.38 bits per heavy atom. The van der Waals surface area contributed by atoms with Crippen LogP contribution in [0.25, 0.3) is 0 Å². The van der Waals surface area contributed by atoms with E-state index in [0.29, 0.717) is 12.2 Å². The summed E-state index contributed by atoms with van der Waals surface area (Å²) in [6.45, 7) is 5.58. The van der Waals surface area contributed by atoms with Gasteiger partial charge in [-0.05, 0) is 20.8 Å². The fourth-order valence-electron chi connectivity index (χ4n) is 3.56. The summed E-state index contributed by atoms with van der Waals surface area (Å²) in [4.78, 5) is 59.8. The van der Waals surface area contributed by atoms with E-state index in [-0.39, 0.29) is 41.0 Å². The van der Waals surface area contributed by atoms with Crippen molar-refractivity contribution in [1.29, 1.82) is 0 Å². The van der Waals surface area contributed by atoms with E-state index in [2.05, 4.69) is 20.8 Å². The number of carbonyl (C=O) groups is 4. The second-order valence-electron chi connectivity index (χ2n) is 8.76. The zero-order valence-corrected chi connectivity index (χ0v) is 21.1. The van der Waals surface area contributed by atoms with Crippen molar-refractivity contribution in [3.63, 3.8) is 0 Å². The van der Waals surface area contributed by atoms with E-state index >= 15 is 0 Å². The third-order valence-corrected chi connectivity index (χ3v) is 7.37. The second kappa shape index (κ2) is 10.3. The van der Waals surface area contributed by atoms with Crippen LogP contribution in [0.15, 0.2) is 10.5 Å². The van der Waals surface area contributed by atoms with Gasteiger partial charge in [0.05, 0.1) is 6.61 Å². The predicted molar refractivity (Wildman–Crippen MR) is 125 cm³/mol. The van der Waals surface area contributed by atoms with Gasteiger partial charge in [-0.1, -0.05) is 5.16 Å². The summed E-state index contributed by atoms with van der Waals surface area (Å²) in [6.07, 6.45) is 0.471. The Morgan fingerprint density at radius 2 is 2.12 bits per heavy atom. The summed E-state index contributed by atoms with van der Waals surface area (Å²) >= 11 is 2.48. The van der Waals surface area contributed by atoms with Crippen LogP contribution in [0.1, 0.15) is 26.5 Å². The third-order valence-electron chi connectivity index (χ3n) is 5.01. The Bertz CT molecular complexity index is 992. The molecule has 2 fully saturated rings. The normalized spacial score (nSPS) is 24.6. The number of anilines is 1. The zero-order valence-electron chi connectivity index (χ0n) is 19.4. The number of hydrogen-bond acceptors (Lipinski definition) is 11. The Kier molecular flexibility index (Phi) is 7.83. The van der Waals surface area contributed by atoms with Crippen LogP contribution in [0, 0.1) is 5.41 Å². The minimum Gasteiger partial charge on any atom is -0.459 e. The van der Waals surface area contributed by atoms with E-state index < -0.39 is 28.9 Å². The molecule has 0 saturated carbocycles. The van der Waals surface area contributed by atoms with Crippen molar-refractivity contribution < 1.29 is 33.5 Å². The lowest BCUT2D eigenvalue weighted by atomic mass is 9.87. The SMILES string of the molecule is COCC1(C(=O)OC(C)(C)C)CS[C@@H]2C(NC(=O)C(=NOC)c3csc(NC=O)n3)C(=O)N2C1. The lowest BCUT2D eigenvalue weighted by Crippen LogP contribution is -2.74. The van der Waals surface area contributed by atoms with E-state index in [9.17, 15) is 19.2 Å². The molecule has 2 aliphatic heterocycles. The molecule has 0 aliphatic carbocycles. The number of aromatic nitrogens is 1. The lowest BCUT2D eigenvalue weighted by molar-refractivity contribution is -0.175. The molecule has 0 aromatic carbocycles. The number of thiazole rings is 1. The molecule has 34 heavy (non-hydrogen) atoms. The molecule has 12 nitrogen and oxygen atoms in total. The second-order valence-corrected chi connectivity index (χ2v) is 10.7. The van der Waals surface area contributed by atoms with Gasteiger partial charge in [0.2, 0.25) is 12.3 Å². The number of carbonyl (C=O) groups excluding carboxylic acids is 4. The Morgan fingerprint density at radius 3 is 2.74 bits per heavy atom. The number of ether oxygens (including phenoxy) is 2. The molecule has 3 rings (SSSR count). The Labute approximate surface area is 204 Å². The first-order valence-electron chi connectivity index (χ1n) is 10.3. The molecule has 2 saturated heterocycles. The average Bonchev–Trinajstić information content (AvgIpc) is 3.23. The van der Waals surface area contributed by atoms with E-state index in [1.807, 2.05) is 0 Å². The number of methoxy groups -OCH3 is 1. The van der Waals surface area contributed by atoms with Gasteiger partial charge in [0, 0.05) is 24.8 Å². The van der Waals surface area contributed by atoms with Gasteiger partial charge >= 0.3 is 5.97 Å². The molecular weight excluding hydrogens is 486 g/mol. The molecule has 2 aliphatic rings. The number of hydrogen-bond donors (Lipinski definition) is 2. The van der Waals surface area contributed by atoms with E-state index in [4.69, 9.17) is 14.3 Å². The van der Waals surface area contributed by atoms with Gasteiger partial charge in [0.25, 0.3) is 5.91 Å². The molecule has 0 spiro atoms. The number of amides is 3. The molecular formula is C20H27N5O7S2. The number of rotatable bonds is 9. The fraction of sp³-hybridized carbons (Fsp3) is 0.600. The number of nitrogens with one attached hydrogen (secondary N) is 2. The van der Waals surface area contributed by atoms with Crippen molar-refractivity contribution in [3.05, 3.63) is 11.1 Å². The summed E-state index contributed by atoms with van der Waals surface area (Å²) in [5.41, 5.74) is -1.62. The topological polar surface area (TPSA) is 149 Å². The van der Waals surface area contributed by atoms with Crippen molar-refractivity contribution >= 4 is 58.1 Å². The number of β-lactam (4-membered cyclic amide) rings is 1. The van der Waals surface area contributed by atoms with Crippen molar-refractivity contribution in [2.75, 3.05) is 38.4 Å². The van der Waals surface area contributed by atoms with Crippen LogP contribution in [-0.4, -0.2) is 89.9 Å². The van der Waals surface area contributed by atoms with Gasteiger partial charge in [-0.3, -0.25) is 19.2 Å². The van der Waals surface area contributed by atoms with Gasteiger partial charge in [0.15, 0.2) is 10.8 Å². The highest BCUT2D eigenvalue weighted by molar-refractivity contribution is 8.00. The van der Waals surface area contributed by atoms with Gasteiger partial charge < -0.3 is 29.8 Å². The maximum atomic E-state index is 12.9. The molecule has 3 atom stereocenters. The van der Waals surface area contributed by atoms with Crippen LogP contribution in [0.3, 0.4) is 0 Å². The molecule has 3 amide bonds. The first-order chi connectivity index (χ1) is 16.0. The van der Waals surface area contributed by atoms with Gasteiger partial charge in [-0.25, -0.2) is 4.98 Å². The predicted octanol–water partition coefficient (Wildman–Crippen LogP) is 0.436. The highest BCUT2D eigenvalue weighted by atomic mass is 32.2. The maximum absolute atomic E-state index is 12.9. The smallest absolute Gasteiger partial charge is 0.317 e. The number of esters is 1. The monoisotopic (exact) mass is 513 g/mol. The summed E-state index contributed by atoms with van der Waals surface area (Å²) in [7, 11) is 2.78. The highest BCUT2D eigenvalue weighted by Gasteiger charge is 2.58. The highest BCUT2D eigenvalue weighted by Crippen LogP contribution is 2.43. The first-order valence-corrected chi connectivity index (χ1v) is 12.2. The van der Waals surface area contributed by atoms with Gasteiger partial charge in [-0.2, -0.15) is 0 Å². The van der Waals surface area contributed by atoms with Crippen molar-refractivity contribution in [3.8, 4) is 0 Å². The van der Waals surface area contributed by atoms with Crippen LogP contribution in [0.5, 0.6) is 0 Å². The summed E-state index contributed by atoms with van der Waals surface area (Å²) < 4.78 is 10.9. The van der Waals surface area contributed by atoms with Crippen LogP contribution >= 0.6 is 23.1 Å². The van der Waals surface area contributed by atoms with Crippen LogP contribution in [0.2, 0.25) is 0 Å². The number of oxime groups is 1. The van der Waals surface area contributed by atoms with E-state index in [0.717, 1.165) is 11.3 Å². The Balaban J connectivity index is 1.71. The standard InChI is InChI=1S/C20H27N5O7S2/c1-19(2,3)32-17(29)20(8-30-4)7-25-15(28)13(16(25)34-9-20)23-14(27)12(24-31-5)11-6-33-18(22-11)21-10-26/h6,10,13,16H,7-9H2,1-5H3,(H,23,27)(H,21,22,26)/t13?,16-,20?/m1/s1. The molecule has 0 bridgehead atoms. The lowest BCUT2D eigenvalue weighted by Gasteiger charge is -2.54. The van der Waals surface area contributed by atoms with Crippen molar-refractivity contribution in [1.82, 2.24) is 15.2 Å². The molecule has 1 aromatic heterocycles. The molecule has 2 unspecified atom stereocenters.